The molecular formula is C19H27F3N4O4S. The third-order valence-corrected chi connectivity index (χ3v) is 6.46. The lowest BCUT2D eigenvalue weighted by Crippen LogP contribution is -2.46. The zero-order valence-electron chi connectivity index (χ0n) is 18.0. The van der Waals surface area contributed by atoms with Crippen LogP contribution in [0.1, 0.15) is 45.7 Å². The number of nitrogens with zero attached hydrogens (tertiary/aromatic N) is 4. The quantitative estimate of drug-likeness (QED) is 0.621. The summed E-state index contributed by atoms with van der Waals surface area (Å²) >= 11 is 0. The van der Waals surface area contributed by atoms with Gasteiger partial charge >= 0.3 is 12.3 Å². The molecule has 3 rings (SSSR count). The molecule has 0 atom stereocenters. The Morgan fingerprint density at radius 3 is 2.23 bits per heavy atom. The first-order valence-corrected chi connectivity index (χ1v) is 11.9. The Bertz CT molecular complexity index is 952. The third kappa shape index (κ3) is 5.39. The van der Waals surface area contributed by atoms with Crippen LogP contribution in [0.4, 0.5) is 23.7 Å². The van der Waals surface area contributed by atoms with Gasteiger partial charge in [0.2, 0.25) is 15.0 Å². The van der Waals surface area contributed by atoms with Crippen molar-refractivity contribution in [2.45, 2.75) is 57.0 Å². The van der Waals surface area contributed by atoms with Crippen LogP contribution in [0.15, 0.2) is 11.4 Å². The van der Waals surface area contributed by atoms with Gasteiger partial charge in [0.15, 0.2) is 5.69 Å². The van der Waals surface area contributed by atoms with Crippen molar-refractivity contribution in [2.75, 3.05) is 37.3 Å². The highest BCUT2D eigenvalue weighted by molar-refractivity contribution is 7.90. The van der Waals surface area contributed by atoms with Crippen molar-refractivity contribution in [2.24, 2.45) is 5.41 Å². The number of anilines is 1. The van der Waals surface area contributed by atoms with Crippen LogP contribution in [0.5, 0.6) is 0 Å². The molecule has 0 radical (unpaired) electrons. The lowest BCUT2D eigenvalue weighted by atomic mass is 9.78. The average molecular weight is 465 g/mol. The van der Waals surface area contributed by atoms with E-state index in [2.05, 4.69) is 9.97 Å². The molecule has 3 heterocycles. The normalized spacial score (nSPS) is 19.7. The van der Waals surface area contributed by atoms with Crippen molar-refractivity contribution >= 4 is 21.6 Å². The lowest BCUT2D eigenvalue weighted by Gasteiger charge is -2.39. The van der Waals surface area contributed by atoms with Crippen LogP contribution in [0, 0.1) is 5.41 Å². The second kappa shape index (κ2) is 7.79. The number of hydrogen-bond donors (Lipinski definition) is 0. The highest BCUT2D eigenvalue weighted by atomic mass is 32.2. The Kier molecular flexibility index (Phi) is 5.92. The van der Waals surface area contributed by atoms with Gasteiger partial charge in [-0.1, -0.05) is 0 Å². The van der Waals surface area contributed by atoms with Gasteiger partial charge in [-0.05, 0) is 45.4 Å². The molecule has 8 nitrogen and oxygen atoms in total. The van der Waals surface area contributed by atoms with Crippen LogP contribution in [0.2, 0.25) is 0 Å². The van der Waals surface area contributed by atoms with Crippen molar-refractivity contribution in [3.8, 4) is 0 Å². The SMILES string of the molecule is CC(C)(C)OC(=O)N1CCC2(CC1)CCN(c1cnc(S(C)(=O)=O)nc1C(F)(F)F)C2. The van der Waals surface area contributed by atoms with Crippen LogP contribution < -0.4 is 4.90 Å². The van der Waals surface area contributed by atoms with Gasteiger partial charge in [-0.2, -0.15) is 13.2 Å². The maximum Gasteiger partial charge on any atom is 0.435 e. The molecule has 0 unspecified atom stereocenters. The minimum Gasteiger partial charge on any atom is -0.444 e. The van der Waals surface area contributed by atoms with Gasteiger partial charge in [0, 0.05) is 32.4 Å². The van der Waals surface area contributed by atoms with E-state index in [-0.39, 0.29) is 17.2 Å². The molecule has 174 valence electrons. The molecule has 0 bridgehead atoms. The van der Waals surface area contributed by atoms with E-state index in [0.29, 0.717) is 45.4 Å². The molecule has 1 spiro atoms. The molecule has 2 aliphatic rings. The molecule has 0 saturated carbocycles. The molecule has 1 amide bonds. The first-order chi connectivity index (χ1) is 14.1. The molecule has 31 heavy (non-hydrogen) atoms. The van der Waals surface area contributed by atoms with Gasteiger partial charge in [0.05, 0.1) is 11.9 Å². The largest absolute Gasteiger partial charge is 0.444 e. The number of ether oxygens (including phenoxy) is 1. The van der Waals surface area contributed by atoms with Gasteiger partial charge in [0.1, 0.15) is 5.60 Å². The summed E-state index contributed by atoms with van der Waals surface area (Å²) in [5, 5.41) is -0.844. The van der Waals surface area contributed by atoms with Crippen molar-refractivity contribution in [3.05, 3.63) is 11.9 Å². The molecule has 2 saturated heterocycles. The predicted octanol–water partition coefficient (Wildman–Crippen LogP) is 3.13. The van der Waals surface area contributed by atoms with Gasteiger partial charge in [0.25, 0.3) is 0 Å². The van der Waals surface area contributed by atoms with E-state index in [0.717, 1.165) is 12.5 Å². The summed E-state index contributed by atoms with van der Waals surface area (Å²) < 4.78 is 69.4. The Hall–Kier alpha value is -2.11. The van der Waals surface area contributed by atoms with Gasteiger partial charge in [-0.15, -0.1) is 0 Å². The molecule has 1 aromatic heterocycles. The van der Waals surface area contributed by atoms with E-state index in [1.54, 1.807) is 30.6 Å². The van der Waals surface area contributed by atoms with Crippen molar-refractivity contribution in [1.29, 1.82) is 0 Å². The first-order valence-electron chi connectivity index (χ1n) is 9.97. The van der Waals surface area contributed by atoms with E-state index >= 15 is 0 Å². The topological polar surface area (TPSA) is 92.7 Å². The second-order valence-corrected chi connectivity index (χ2v) is 11.2. The second-order valence-electron chi connectivity index (χ2n) is 9.30. The fraction of sp³-hybridized carbons (Fsp3) is 0.737. The number of amides is 1. The maximum absolute atomic E-state index is 13.6. The summed E-state index contributed by atoms with van der Waals surface area (Å²) in [4.78, 5) is 22.5. The molecule has 12 heteroatoms. The highest BCUT2D eigenvalue weighted by Gasteiger charge is 2.45. The minimum absolute atomic E-state index is 0.216. The number of hydrogen-bond acceptors (Lipinski definition) is 7. The number of halogens is 3. The first kappa shape index (κ1) is 23.6. The van der Waals surface area contributed by atoms with E-state index in [4.69, 9.17) is 4.74 Å². The standard InChI is InChI=1S/C19H27F3N4O4S/c1-17(2,3)30-16(27)25-8-5-18(6-9-25)7-10-26(12-18)13-11-23-15(31(4,28)29)24-14(13)19(20,21)22/h11H,5-10,12H2,1-4H3. The smallest absolute Gasteiger partial charge is 0.435 e. The Balaban J connectivity index is 1.75. The molecule has 2 fully saturated rings. The fourth-order valence-corrected chi connectivity index (χ4v) is 4.52. The maximum atomic E-state index is 13.6. The number of sulfone groups is 1. The highest BCUT2D eigenvalue weighted by Crippen LogP contribution is 2.44. The number of aromatic nitrogens is 2. The van der Waals surface area contributed by atoms with E-state index in [1.807, 2.05) is 0 Å². The summed E-state index contributed by atoms with van der Waals surface area (Å²) in [6, 6.07) is 0. The third-order valence-electron chi connectivity index (χ3n) is 5.60. The lowest BCUT2D eigenvalue weighted by molar-refractivity contribution is -0.141. The number of alkyl halides is 3. The van der Waals surface area contributed by atoms with Crippen LogP contribution in [-0.2, 0) is 20.8 Å². The summed E-state index contributed by atoms with van der Waals surface area (Å²) in [6.07, 6.45) is -1.53. The Labute approximate surface area is 179 Å². The molecule has 0 aromatic carbocycles. The Morgan fingerprint density at radius 2 is 1.71 bits per heavy atom. The minimum atomic E-state index is -4.81. The molecule has 0 N–H and O–H groups in total. The van der Waals surface area contributed by atoms with Gasteiger partial charge < -0.3 is 14.5 Å². The van der Waals surface area contributed by atoms with Gasteiger partial charge in [-0.3, -0.25) is 0 Å². The number of piperidine rings is 1. The number of likely N-dealkylation sites (tertiary alicyclic amines) is 1. The van der Waals surface area contributed by atoms with Crippen LogP contribution in [0.3, 0.4) is 0 Å². The molecule has 2 aliphatic heterocycles. The number of rotatable bonds is 2. The van der Waals surface area contributed by atoms with Gasteiger partial charge in [-0.25, -0.2) is 23.2 Å². The number of carbonyl (C=O) groups excluding carboxylic acids is 1. The monoisotopic (exact) mass is 464 g/mol. The van der Waals surface area contributed by atoms with E-state index < -0.39 is 32.5 Å². The predicted molar refractivity (Wildman–Crippen MR) is 106 cm³/mol. The Morgan fingerprint density at radius 1 is 1.13 bits per heavy atom. The summed E-state index contributed by atoms with van der Waals surface area (Å²) in [7, 11) is -3.97. The van der Waals surface area contributed by atoms with Crippen LogP contribution in [-0.4, -0.2) is 67.4 Å². The molecule has 0 aliphatic carbocycles. The zero-order valence-corrected chi connectivity index (χ0v) is 18.8. The molecular weight excluding hydrogens is 437 g/mol. The zero-order chi connectivity index (χ0) is 23.2. The summed E-state index contributed by atoms with van der Waals surface area (Å²) in [6.45, 7) is 7.05. The summed E-state index contributed by atoms with van der Waals surface area (Å²) in [5.41, 5.74) is -2.28. The fourth-order valence-electron chi connectivity index (χ4n) is 4.02. The van der Waals surface area contributed by atoms with Crippen molar-refractivity contribution < 1.29 is 31.1 Å². The van der Waals surface area contributed by atoms with Crippen LogP contribution in [0.25, 0.3) is 0 Å². The van der Waals surface area contributed by atoms with Crippen molar-refractivity contribution in [3.63, 3.8) is 0 Å². The summed E-state index contributed by atoms with van der Waals surface area (Å²) in [5.74, 6) is 0. The average Bonchev–Trinajstić information content (AvgIpc) is 3.02. The van der Waals surface area contributed by atoms with Crippen LogP contribution >= 0.6 is 0 Å². The molecule has 1 aromatic rings. The van der Waals surface area contributed by atoms with E-state index in [9.17, 15) is 26.4 Å². The van der Waals surface area contributed by atoms with E-state index in [1.165, 1.54) is 0 Å². The van der Waals surface area contributed by atoms with Crippen molar-refractivity contribution in [1.82, 2.24) is 14.9 Å². The number of carbonyl (C=O) groups is 1.